The summed E-state index contributed by atoms with van der Waals surface area (Å²) in [6, 6.07) is 37.9. The Morgan fingerprint density at radius 3 is 2.14 bits per heavy atom. The molecule has 0 unspecified atom stereocenters. The van der Waals surface area contributed by atoms with Gasteiger partial charge in [0, 0.05) is 26.2 Å². The van der Waals surface area contributed by atoms with Gasteiger partial charge in [0.2, 0.25) is 0 Å². The Hall–Kier alpha value is -4.08. The minimum absolute atomic E-state index is 0. The quantitative estimate of drug-likeness (QED) is 0.0634. The van der Waals surface area contributed by atoms with Crippen LogP contribution < -0.4 is 4.40 Å². The summed E-state index contributed by atoms with van der Waals surface area (Å²) in [5.41, 5.74) is 4.82. The van der Waals surface area contributed by atoms with E-state index in [4.69, 9.17) is 10.1 Å². The Kier molecular flexibility index (Phi) is 10.2. The predicted molar refractivity (Wildman–Crippen MR) is 181 cm³/mol. The van der Waals surface area contributed by atoms with Crippen LogP contribution in [0.4, 0.5) is 0 Å². The van der Waals surface area contributed by atoms with E-state index in [-0.39, 0.29) is 31.6 Å². The predicted octanol–water partition coefficient (Wildman–Crippen LogP) is 9.13. The van der Waals surface area contributed by atoms with Crippen molar-refractivity contribution in [3.05, 3.63) is 121 Å². The van der Waals surface area contributed by atoms with E-state index in [2.05, 4.69) is 90.1 Å². The van der Waals surface area contributed by atoms with E-state index in [0.29, 0.717) is 5.56 Å². The van der Waals surface area contributed by atoms with Crippen molar-refractivity contribution in [1.29, 1.82) is 5.26 Å². The zero-order valence-corrected chi connectivity index (χ0v) is 29.9. The molecule has 1 heterocycles. The van der Waals surface area contributed by atoms with Gasteiger partial charge in [-0.05, 0) is 19.4 Å². The fraction of sp³-hybridized carbons (Fsp3) is 0.132. The molecule has 0 fully saturated rings. The first-order chi connectivity index (χ1) is 20.6. The number of nitriles is 1. The fourth-order valence-corrected chi connectivity index (χ4v) is 7.83. The Morgan fingerprint density at radius 2 is 1.50 bits per heavy atom. The number of rotatable bonds is 4. The molecule has 0 bridgehead atoms. The first-order valence-corrected chi connectivity index (χ1v) is 21.6. The molecule has 0 spiro atoms. The molecule has 221 valence electrons. The summed E-state index contributed by atoms with van der Waals surface area (Å²) in [5, 5.41) is 24.6. The third-order valence-corrected chi connectivity index (χ3v) is 11.8. The number of carbonyl (C=O) groups excluding carboxylic acids is 1. The van der Waals surface area contributed by atoms with Gasteiger partial charge < -0.3 is 5.11 Å². The normalized spacial score (nSPS) is 11.4. The van der Waals surface area contributed by atoms with Crippen molar-refractivity contribution < 1.29 is 30.0 Å². The van der Waals surface area contributed by atoms with Crippen LogP contribution >= 0.6 is 0 Å². The molecule has 0 amide bonds. The van der Waals surface area contributed by atoms with E-state index in [9.17, 15) is 10.1 Å². The molecule has 0 aliphatic carbocycles. The summed E-state index contributed by atoms with van der Waals surface area (Å²) in [6.45, 7) is 2.85. The van der Waals surface area contributed by atoms with Crippen LogP contribution in [0.15, 0.2) is 109 Å². The van der Waals surface area contributed by atoms with E-state index in [1.807, 2.05) is 36.5 Å². The van der Waals surface area contributed by atoms with Crippen LogP contribution in [0, 0.1) is 17.4 Å². The number of aliphatic hydroxyl groups excluding tert-OH is 1. The standard InChI is InChI=1S/C33H25GeN2.C5H8O2.Ir/c1-34(2,3)26-13-11-22(12-14-26)28-9-6-10-29-30(28)15-16-32-31(29)17-18-36-33(32)24-19-23-7-4-5-8-27(23)25(20-24)21-35;1-4(6)3-5(2)7;/h4-18,20H,1-3H3;3,6H,1-2H3;/q-1;;/b;4-3-;. The average molecular weight is 815 g/mol. The summed E-state index contributed by atoms with van der Waals surface area (Å²) in [6.07, 6.45) is 3.03. The van der Waals surface area contributed by atoms with E-state index in [0.717, 1.165) is 32.8 Å². The zero-order chi connectivity index (χ0) is 30.7. The largest absolute Gasteiger partial charge is 0 e. The van der Waals surface area contributed by atoms with Crippen molar-refractivity contribution in [2.24, 2.45) is 0 Å². The number of aromatic nitrogens is 1. The molecule has 0 aliphatic heterocycles. The Labute approximate surface area is 274 Å². The molecular weight excluding hydrogens is 781 g/mol. The number of ketones is 1. The van der Waals surface area contributed by atoms with Gasteiger partial charge in [0.25, 0.3) is 0 Å². The minimum Gasteiger partial charge on any atom is 0 e. The number of allylic oxidation sites excluding steroid dienone is 2. The second-order valence-electron chi connectivity index (χ2n) is 11.7. The van der Waals surface area contributed by atoms with Gasteiger partial charge in [-0.15, -0.1) is 11.5 Å². The number of hydrogen-bond donors (Lipinski definition) is 1. The molecule has 44 heavy (non-hydrogen) atoms. The van der Waals surface area contributed by atoms with Crippen LogP contribution in [0.25, 0.3) is 54.7 Å². The summed E-state index contributed by atoms with van der Waals surface area (Å²) < 4.78 is 1.52. The van der Waals surface area contributed by atoms with Crippen molar-refractivity contribution in [1.82, 2.24) is 4.98 Å². The third-order valence-electron chi connectivity index (χ3n) is 7.43. The Bertz CT molecular complexity index is 2070. The molecular formula is C38H33GeIrN2O2-. The molecule has 0 atom stereocenters. The van der Waals surface area contributed by atoms with E-state index < -0.39 is 13.3 Å². The van der Waals surface area contributed by atoms with Gasteiger partial charge in [0.05, 0.1) is 11.8 Å². The van der Waals surface area contributed by atoms with Crippen LogP contribution in [0.1, 0.15) is 19.4 Å². The van der Waals surface area contributed by atoms with Crippen molar-refractivity contribution in [2.45, 2.75) is 31.1 Å². The van der Waals surface area contributed by atoms with E-state index >= 15 is 0 Å². The number of fused-ring (bicyclic) bond motifs is 4. The van der Waals surface area contributed by atoms with Gasteiger partial charge in [-0.2, -0.15) is 5.26 Å². The van der Waals surface area contributed by atoms with Gasteiger partial charge in [-0.1, -0.05) is 23.6 Å². The fourth-order valence-electron chi connectivity index (χ4n) is 5.38. The van der Waals surface area contributed by atoms with Crippen molar-refractivity contribution >= 4 is 55.8 Å². The van der Waals surface area contributed by atoms with E-state index in [1.165, 1.54) is 46.2 Å². The molecule has 5 aromatic carbocycles. The molecule has 6 rings (SSSR count). The number of carbonyl (C=O) groups is 1. The zero-order valence-electron chi connectivity index (χ0n) is 25.4. The van der Waals surface area contributed by atoms with Crippen LogP contribution in [-0.2, 0) is 24.9 Å². The third kappa shape index (κ3) is 7.00. The van der Waals surface area contributed by atoms with Gasteiger partial charge in [0.15, 0.2) is 5.78 Å². The number of benzene rings is 5. The van der Waals surface area contributed by atoms with Gasteiger partial charge >= 0.3 is 163 Å². The molecule has 6 heteroatoms. The van der Waals surface area contributed by atoms with Crippen LogP contribution in [0.3, 0.4) is 0 Å². The molecule has 1 aromatic heterocycles. The second-order valence-corrected chi connectivity index (χ2v) is 22.4. The van der Waals surface area contributed by atoms with Crippen LogP contribution in [0.5, 0.6) is 0 Å². The summed E-state index contributed by atoms with van der Waals surface area (Å²) in [5.74, 6) is 7.22. The number of pyridine rings is 1. The minimum atomic E-state index is -1.85. The number of hydrogen-bond acceptors (Lipinski definition) is 4. The van der Waals surface area contributed by atoms with Crippen molar-refractivity contribution in [3.63, 3.8) is 0 Å². The SMILES string of the molecule is CC(=O)/C=C(/C)O.[CH3][Ge]([CH3])([CH3])[c]1ccc(-c2cccc3c2ccc2c(-c4[c-]c5ccccc5c(C#N)c4)nccc23)cc1.[Ir]. The molecule has 0 saturated heterocycles. The van der Waals surface area contributed by atoms with Gasteiger partial charge in [-0.25, -0.2) is 0 Å². The maximum Gasteiger partial charge on any atom is 0 e. The van der Waals surface area contributed by atoms with E-state index in [1.54, 1.807) is 0 Å². The molecule has 6 aromatic rings. The Morgan fingerprint density at radius 1 is 0.841 bits per heavy atom. The smallest absolute Gasteiger partial charge is 0 e. The van der Waals surface area contributed by atoms with Crippen molar-refractivity contribution in [3.8, 4) is 28.5 Å². The molecule has 4 nitrogen and oxygen atoms in total. The first kappa shape index (κ1) is 32.8. The van der Waals surface area contributed by atoms with Crippen LogP contribution in [-0.4, -0.2) is 29.1 Å². The maximum absolute atomic E-state index is 10.0. The molecule has 1 radical (unpaired) electrons. The number of aliphatic hydroxyl groups is 1. The molecule has 0 aliphatic rings. The monoisotopic (exact) mass is 816 g/mol. The molecule has 0 saturated carbocycles. The second kappa shape index (κ2) is 13.7. The van der Waals surface area contributed by atoms with Crippen LogP contribution in [0.2, 0.25) is 17.3 Å². The topological polar surface area (TPSA) is 74.0 Å². The van der Waals surface area contributed by atoms with Gasteiger partial charge in [0.1, 0.15) is 0 Å². The number of nitrogens with zero attached hydrogens (tertiary/aromatic N) is 2. The van der Waals surface area contributed by atoms with Crippen molar-refractivity contribution in [2.75, 3.05) is 0 Å². The van der Waals surface area contributed by atoms with Gasteiger partial charge in [-0.3, -0.25) is 4.79 Å². The maximum atomic E-state index is 10.0. The summed E-state index contributed by atoms with van der Waals surface area (Å²) in [4.78, 5) is 14.8. The average Bonchev–Trinajstić information content (AvgIpc) is 2.99. The first-order valence-electron chi connectivity index (χ1n) is 14.2. The Balaban J connectivity index is 0.000000497. The molecule has 1 N–H and O–H groups in total. The summed E-state index contributed by atoms with van der Waals surface area (Å²) in [7, 11) is 0. The summed E-state index contributed by atoms with van der Waals surface area (Å²) >= 11 is -1.85.